The number of aromatic nitrogens is 2. The van der Waals surface area contributed by atoms with E-state index in [1.807, 2.05) is 54.5 Å². The minimum Gasteiger partial charge on any atom is -0.338 e. The van der Waals surface area contributed by atoms with E-state index in [4.69, 9.17) is 0 Å². The first-order valence-corrected chi connectivity index (χ1v) is 9.92. The maximum Gasteiger partial charge on any atom is 0.317 e. The number of nitrogens with zero attached hydrogens (tertiary/aromatic N) is 4. The van der Waals surface area contributed by atoms with Crippen molar-refractivity contribution in [3.63, 3.8) is 0 Å². The van der Waals surface area contributed by atoms with Crippen molar-refractivity contribution in [3.05, 3.63) is 48.3 Å². The molecule has 1 N–H and O–H groups in total. The van der Waals surface area contributed by atoms with Gasteiger partial charge in [-0.05, 0) is 56.9 Å². The zero-order valence-corrected chi connectivity index (χ0v) is 16.5. The molecule has 1 saturated heterocycles. The average Bonchev–Trinajstić information content (AvgIpc) is 3.15. The fraction of sp³-hybridized carbons (Fsp3) is 0.524. The van der Waals surface area contributed by atoms with Crippen LogP contribution in [0.5, 0.6) is 0 Å². The summed E-state index contributed by atoms with van der Waals surface area (Å²) in [6.45, 7) is 7.06. The van der Waals surface area contributed by atoms with Crippen molar-refractivity contribution in [3.8, 4) is 5.69 Å². The van der Waals surface area contributed by atoms with Crippen molar-refractivity contribution < 1.29 is 4.79 Å². The molecule has 1 aromatic heterocycles. The van der Waals surface area contributed by atoms with Crippen LogP contribution in [0.15, 0.2) is 42.7 Å². The van der Waals surface area contributed by atoms with E-state index in [0.717, 1.165) is 36.7 Å². The molecular weight excluding hydrogens is 338 g/mol. The number of rotatable bonds is 7. The normalized spacial score (nSPS) is 15.6. The topological polar surface area (TPSA) is 53.4 Å². The van der Waals surface area contributed by atoms with Gasteiger partial charge in [0.25, 0.3) is 0 Å². The number of carbonyl (C=O) groups is 1. The van der Waals surface area contributed by atoms with Crippen molar-refractivity contribution in [2.45, 2.75) is 32.7 Å². The highest BCUT2D eigenvalue weighted by Crippen LogP contribution is 2.15. The van der Waals surface area contributed by atoms with Crippen molar-refractivity contribution in [1.82, 2.24) is 24.9 Å². The number of carbonyl (C=O) groups excluding carboxylic acids is 1. The largest absolute Gasteiger partial charge is 0.338 e. The van der Waals surface area contributed by atoms with Gasteiger partial charge in [-0.2, -0.15) is 5.10 Å². The van der Waals surface area contributed by atoms with E-state index in [-0.39, 0.29) is 6.03 Å². The Kier molecular flexibility index (Phi) is 6.87. The molecule has 6 nitrogen and oxygen atoms in total. The van der Waals surface area contributed by atoms with Crippen LogP contribution in [0.2, 0.25) is 0 Å². The van der Waals surface area contributed by atoms with Crippen LogP contribution in [0.3, 0.4) is 0 Å². The van der Waals surface area contributed by atoms with Crippen molar-refractivity contribution in [2.24, 2.45) is 5.92 Å². The van der Waals surface area contributed by atoms with Crippen LogP contribution in [0.4, 0.5) is 4.79 Å². The van der Waals surface area contributed by atoms with Gasteiger partial charge in [-0.25, -0.2) is 9.48 Å². The van der Waals surface area contributed by atoms with Crippen LogP contribution in [0.25, 0.3) is 5.69 Å². The monoisotopic (exact) mass is 369 g/mol. The Morgan fingerprint density at radius 3 is 2.74 bits per heavy atom. The summed E-state index contributed by atoms with van der Waals surface area (Å²) in [5.41, 5.74) is 2.03. The van der Waals surface area contributed by atoms with Gasteiger partial charge in [-0.3, -0.25) is 0 Å². The first kappa shape index (κ1) is 19.4. The molecule has 1 aliphatic heterocycles. The second kappa shape index (κ2) is 9.55. The number of nitrogens with one attached hydrogen (secondary N) is 1. The molecule has 1 fully saturated rings. The molecule has 0 bridgehead atoms. The van der Waals surface area contributed by atoms with Crippen LogP contribution in [0, 0.1) is 5.92 Å². The van der Waals surface area contributed by atoms with Gasteiger partial charge >= 0.3 is 6.03 Å². The van der Waals surface area contributed by atoms with Gasteiger partial charge in [0.1, 0.15) is 0 Å². The first-order valence-electron chi connectivity index (χ1n) is 9.92. The Morgan fingerprint density at radius 2 is 2.00 bits per heavy atom. The smallest absolute Gasteiger partial charge is 0.317 e. The summed E-state index contributed by atoms with van der Waals surface area (Å²) in [6, 6.07) is 9.95. The van der Waals surface area contributed by atoms with Gasteiger partial charge in [0.2, 0.25) is 0 Å². The van der Waals surface area contributed by atoms with Gasteiger partial charge in [-0.1, -0.05) is 25.1 Å². The Balaban J connectivity index is 1.37. The van der Waals surface area contributed by atoms with Crippen LogP contribution >= 0.6 is 0 Å². The molecule has 0 saturated carbocycles. The molecule has 3 rings (SSSR count). The molecular formula is C21H31N5O. The van der Waals surface area contributed by atoms with E-state index in [9.17, 15) is 4.79 Å². The number of likely N-dealkylation sites (tertiary alicyclic amines) is 1. The molecule has 0 unspecified atom stereocenters. The predicted molar refractivity (Wildman–Crippen MR) is 108 cm³/mol. The van der Waals surface area contributed by atoms with Gasteiger partial charge < -0.3 is 15.1 Å². The minimum atomic E-state index is -0.0327. The van der Waals surface area contributed by atoms with Gasteiger partial charge in [0.05, 0.1) is 18.4 Å². The van der Waals surface area contributed by atoms with Gasteiger partial charge in [0, 0.05) is 25.4 Å². The third-order valence-corrected chi connectivity index (χ3v) is 5.23. The van der Waals surface area contributed by atoms with Gasteiger partial charge in [0.15, 0.2) is 0 Å². The zero-order valence-electron chi connectivity index (χ0n) is 16.5. The third-order valence-electron chi connectivity index (χ3n) is 5.23. The third kappa shape index (κ3) is 5.82. The maximum absolute atomic E-state index is 12.3. The molecule has 1 aromatic carbocycles. The number of hydrogen-bond acceptors (Lipinski definition) is 3. The molecule has 6 heteroatoms. The fourth-order valence-corrected chi connectivity index (χ4v) is 3.43. The van der Waals surface area contributed by atoms with Crippen LogP contribution in [-0.4, -0.2) is 58.8 Å². The summed E-state index contributed by atoms with van der Waals surface area (Å²) < 4.78 is 1.83. The summed E-state index contributed by atoms with van der Waals surface area (Å²) >= 11 is 0. The van der Waals surface area contributed by atoms with Crippen LogP contribution in [0.1, 0.15) is 31.7 Å². The molecule has 1 aliphatic rings. The standard InChI is InChI=1S/C21H31N5O/c1-18-9-13-25(14-10-18)12-6-11-22-21(27)24(2)16-19-15-23-26(17-19)20-7-4-3-5-8-20/h3-5,7-8,15,17-18H,6,9-14,16H2,1-2H3,(H,22,27). The Labute approximate surface area is 162 Å². The molecule has 27 heavy (non-hydrogen) atoms. The number of para-hydroxylation sites is 1. The lowest BCUT2D eigenvalue weighted by Gasteiger charge is -2.30. The van der Waals surface area contributed by atoms with Crippen LogP contribution in [-0.2, 0) is 6.54 Å². The lowest BCUT2D eigenvalue weighted by Crippen LogP contribution is -2.39. The molecule has 0 radical (unpaired) electrons. The fourth-order valence-electron chi connectivity index (χ4n) is 3.43. The average molecular weight is 370 g/mol. The predicted octanol–water partition coefficient (Wildman–Crippen LogP) is 3.14. The zero-order chi connectivity index (χ0) is 19.1. The van der Waals surface area contributed by atoms with E-state index in [1.54, 1.807) is 4.90 Å². The molecule has 0 spiro atoms. The lowest BCUT2D eigenvalue weighted by molar-refractivity contribution is 0.187. The Bertz CT molecular complexity index is 706. The maximum atomic E-state index is 12.3. The highest BCUT2D eigenvalue weighted by atomic mass is 16.2. The first-order chi connectivity index (χ1) is 13.1. The number of hydrogen-bond donors (Lipinski definition) is 1. The molecule has 2 heterocycles. The van der Waals surface area contributed by atoms with E-state index >= 15 is 0 Å². The number of piperidine rings is 1. The quantitative estimate of drug-likeness (QED) is 0.763. The molecule has 0 atom stereocenters. The molecule has 2 aromatic rings. The van der Waals surface area contributed by atoms with E-state index in [1.165, 1.54) is 25.9 Å². The van der Waals surface area contributed by atoms with Crippen molar-refractivity contribution >= 4 is 6.03 Å². The highest BCUT2D eigenvalue weighted by Gasteiger charge is 2.15. The van der Waals surface area contributed by atoms with E-state index in [2.05, 4.69) is 22.2 Å². The summed E-state index contributed by atoms with van der Waals surface area (Å²) in [5, 5.41) is 7.41. The number of amides is 2. The molecule has 0 aliphatic carbocycles. The molecule has 146 valence electrons. The van der Waals surface area contributed by atoms with Crippen molar-refractivity contribution in [2.75, 3.05) is 33.2 Å². The number of urea groups is 1. The summed E-state index contributed by atoms with van der Waals surface area (Å²) in [7, 11) is 1.82. The lowest BCUT2D eigenvalue weighted by atomic mass is 9.99. The second-order valence-electron chi connectivity index (χ2n) is 7.59. The number of benzene rings is 1. The second-order valence-corrected chi connectivity index (χ2v) is 7.59. The van der Waals surface area contributed by atoms with Gasteiger partial charge in [-0.15, -0.1) is 0 Å². The van der Waals surface area contributed by atoms with E-state index < -0.39 is 0 Å². The summed E-state index contributed by atoms with van der Waals surface area (Å²) in [4.78, 5) is 16.5. The Hall–Kier alpha value is -2.34. The molecule has 2 amide bonds. The van der Waals surface area contributed by atoms with Crippen LogP contribution < -0.4 is 5.32 Å². The minimum absolute atomic E-state index is 0.0327. The summed E-state index contributed by atoms with van der Waals surface area (Å²) in [5.74, 6) is 0.862. The van der Waals surface area contributed by atoms with E-state index in [0.29, 0.717) is 6.54 Å². The highest BCUT2D eigenvalue weighted by molar-refractivity contribution is 5.73. The summed E-state index contributed by atoms with van der Waals surface area (Å²) in [6.07, 6.45) is 7.38. The SMILES string of the molecule is CC1CCN(CCCNC(=O)N(C)Cc2cnn(-c3ccccc3)c2)CC1. The Morgan fingerprint density at radius 1 is 1.26 bits per heavy atom. The van der Waals surface area contributed by atoms with Crippen molar-refractivity contribution in [1.29, 1.82) is 0 Å².